The predicted octanol–water partition coefficient (Wildman–Crippen LogP) is 10.3. The van der Waals surface area contributed by atoms with Gasteiger partial charge in [0, 0.05) is 6.42 Å². The van der Waals surface area contributed by atoms with Gasteiger partial charge in [-0.3, -0.25) is 4.79 Å². The van der Waals surface area contributed by atoms with Crippen LogP contribution in [0, 0.1) is 0 Å². The van der Waals surface area contributed by atoms with Crippen molar-refractivity contribution in [1.82, 2.24) is 5.32 Å². The second-order valence-corrected chi connectivity index (χ2v) is 20.0. The van der Waals surface area contributed by atoms with Crippen LogP contribution in [-0.4, -0.2) is 140 Å². The average Bonchev–Trinajstić information content (AvgIpc) is 3.48. The number of ether oxygens (including phenoxy) is 4. The SMILES string of the molecule is CC/C=C\C/C=C\C/C=C\C/C=C\C/C=C\C/C=C\C/C=C\C/C=C\C/C=C\C/C=C\C/C=C\CCCCCCCC(=O)NC(COC1OC(CO)C(OC2OC(CO)C(O)C(O)C2O)C(O)C1O)C(O)/C=C/CC/C=C/CCC. The Morgan fingerprint density at radius 2 is 0.875 bits per heavy atom. The molecular weight excluding hydrogens is 1010 g/mol. The molecule has 0 saturated carbocycles. The van der Waals surface area contributed by atoms with Crippen molar-refractivity contribution in [2.75, 3.05) is 19.8 Å². The summed E-state index contributed by atoms with van der Waals surface area (Å²) in [6.07, 6.45) is 59.2. The number of hydrogen-bond acceptors (Lipinski definition) is 13. The monoisotopic (exact) mass is 1120 g/mol. The van der Waals surface area contributed by atoms with Gasteiger partial charge in [-0.1, -0.05) is 198 Å². The Hall–Kier alpha value is -4.39. The zero-order chi connectivity index (χ0) is 58.1. The summed E-state index contributed by atoms with van der Waals surface area (Å²) in [6, 6.07) is -0.951. The average molecular weight is 1120 g/mol. The third kappa shape index (κ3) is 34.1. The Kier molecular flexibility index (Phi) is 44.1. The zero-order valence-corrected chi connectivity index (χ0v) is 48.2. The normalized spacial score (nSPS) is 25.4. The van der Waals surface area contributed by atoms with Gasteiger partial charge in [-0.25, -0.2) is 0 Å². The van der Waals surface area contributed by atoms with Gasteiger partial charge >= 0.3 is 0 Å². The first kappa shape index (κ1) is 71.7. The van der Waals surface area contributed by atoms with E-state index in [-0.39, 0.29) is 18.9 Å². The van der Waals surface area contributed by atoms with Crippen LogP contribution in [0.2, 0.25) is 0 Å². The number of amides is 1. The molecule has 2 aliphatic rings. The first-order valence-electron chi connectivity index (χ1n) is 29.7. The van der Waals surface area contributed by atoms with Crippen molar-refractivity contribution in [1.29, 1.82) is 0 Å². The summed E-state index contributed by atoms with van der Waals surface area (Å²) in [5.41, 5.74) is 0. The fourth-order valence-electron chi connectivity index (χ4n) is 8.43. The summed E-state index contributed by atoms with van der Waals surface area (Å²) in [5, 5.41) is 86.5. The number of rotatable bonds is 44. The van der Waals surface area contributed by atoms with Crippen molar-refractivity contribution < 1.29 is 64.6 Å². The highest BCUT2D eigenvalue weighted by atomic mass is 16.7. The van der Waals surface area contributed by atoms with Crippen LogP contribution in [0.15, 0.2) is 158 Å². The van der Waals surface area contributed by atoms with E-state index in [0.717, 1.165) is 122 Å². The third-order valence-electron chi connectivity index (χ3n) is 13.2. The van der Waals surface area contributed by atoms with E-state index in [4.69, 9.17) is 18.9 Å². The molecule has 1 amide bonds. The number of allylic oxidation sites excluding steroid dienone is 25. The van der Waals surface area contributed by atoms with Crippen LogP contribution < -0.4 is 5.32 Å². The number of aliphatic hydroxyl groups excluding tert-OH is 8. The maximum absolute atomic E-state index is 13.1. The molecule has 2 fully saturated rings. The molecule has 0 aromatic rings. The fourth-order valence-corrected chi connectivity index (χ4v) is 8.43. The smallest absolute Gasteiger partial charge is 0.220 e. The van der Waals surface area contributed by atoms with E-state index in [2.05, 4.69) is 165 Å². The maximum Gasteiger partial charge on any atom is 0.220 e. The molecule has 80 heavy (non-hydrogen) atoms. The summed E-state index contributed by atoms with van der Waals surface area (Å²) in [4.78, 5) is 13.1. The minimum absolute atomic E-state index is 0.239. The number of nitrogens with one attached hydrogen (secondary N) is 1. The minimum Gasteiger partial charge on any atom is -0.394 e. The van der Waals surface area contributed by atoms with Crippen LogP contribution in [0.1, 0.15) is 155 Å². The first-order valence-corrected chi connectivity index (χ1v) is 29.7. The Morgan fingerprint density at radius 1 is 0.463 bits per heavy atom. The summed E-state index contributed by atoms with van der Waals surface area (Å²) in [6.45, 7) is 2.48. The molecule has 0 spiro atoms. The van der Waals surface area contributed by atoms with Gasteiger partial charge in [0.05, 0.1) is 32.0 Å². The van der Waals surface area contributed by atoms with Crippen LogP contribution in [0.25, 0.3) is 0 Å². The molecule has 0 bridgehead atoms. The van der Waals surface area contributed by atoms with Crippen LogP contribution in [0.5, 0.6) is 0 Å². The second-order valence-electron chi connectivity index (χ2n) is 20.0. The molecule has 450 valence electrons. The molecule has 0 aliphatic carbocycles. The highest BCUT2D eigenvalue weighted by Crippen LogP contribution is 2.30. The van der Waals surface area contributed by atoms with Crippen molar-refractivity contribution in [2.45, 2.75) is 229 Å². The van der Waals surface area contributed by atoms with Gasteiger partial charge < -0.3 is 65.1 Å². The quantitative estimate of drug-likeness (QED) is 0.0205. The summed E-state index contributed by atoms with van der Waals surface area (Å²) in [7, 11) is 0. The molecule has 9 N–H and O–H groups in total. The highest BCUT2D eigenvalue weighted by molar-refractivity contribution is 5.76. The van der Waals surface area contributed by atoms with Crippen LogP contribution in [0.3, 0.4) is 0 Å². The van der Waals surface area contributed by atoms with E-state index in [1.165, 1.54) is 0 Å². The van der Waals surface area contributed by atoms with Gasteiger partial charge in [0.2, 0.25) is 5.91 Å². The molecule has 0 aromatic heterocycles. The molecule has 2 aliphatic heterocycles. The molecule has 14 nitrogen and oxygen atoms in total. The van der Waals surface area contributed by atoms with Crippen LogP contribution in [0.4, 0.5) is 0 Å². The molecule has 0 aromatic carbocycles. The zero-order valence-electron chi connectivity index (χ0n) is 48.2. The second kappa shape index (κ2) is 49.2. The molecule has 12 atom stereocenters. The van der Waals surface area contributed by atoms with E-state index in [0.29, 0.717) is 12.8 Å². The van der Waals surface area contributed by atoms with Crippen molar-refractivity contribution in [3.05, 3.63) is 158 Å². The van der Waals surface area contributed by atoms with Crippen molar-refractivity contribution >= 4 is 5.91 Å². The maximum atomic E-state index is 13.1. The number of aliphatic hydroxyl groups is 8. The molecular formula is C66H103NO13. The fraction of sp³-hybridized carbons (Fsp3) is 0.591. The summed E-state index contributed by atoms with van der Waals surface area (Å²) in [5.74, 6) is -0.282. The molecule has 2 rings (SSSR count). The van der Waals surface area contributed by atoms with Crippen molar-refractivity contribution in [2.24, 2.45) is 0 Å². The lowest BCUT2D eigenvalue weighted by molar-refractivity contribution is -0.359. The third-order valence-corrected chi connectivity index (χ3v) is 13.2. The van der Waals surface area contributed by atoms with Crippen LogP contribution >= 0.6 is 0 Å². The lowest BCUT2D eigenvalue weighted by Gasteiger charge is -2.46. The predicted molar refractivity (Wildman–Crippen MR) is 322 cm³/mol. The Bertz CT molecular complexity index is 1940. The van der Waals surface area contributed by atoms with Gasteiger partial charge in [-0.15, -0.1) is 0 Å². The number of carbonyl (C=O) groups is 1. The highest BCUT2D eigenvalue weighted by Gasteiger charge is 2.51. The summed E-state index contributed by atoms with van der Waals surface area (Å²) < 4.78 is 22.6. The van der Waals surface area contributed by atoms with Gasteiger partial charge in [-0.2, -0.15) is 0 Å². The van der Waals surface area contributed by atoms with Crippen molar-refractivity contribution in [3.63, 3.8) is 0 Å². The van der Waals surface area contributed by atoms with E-state index >= 15 is 0 Å². The van der Waals surface area contributed by atoms with Gasteiger partial charge in [0.1, 0.15) is 48.8 Å². The lowest BCUT2D eigenvalue weighted by atomic mass is 9.97. The van der Waals surface area contributed by atoms with Gasteiger partial charge in [0.15, 0.2) is 12.6 Å². The molecule has 0 radical (unpaired) electrons. The molecule has 2 saturated heterocycles. The van der Waals surface area contributed by atoms with Crippen molar-refractivity contribution in [3.8, 4) is 0 Å². The topological polar surface area (TPSA) is 228 Å². The summed E-state index contributed by atoms with van der Waals surface area (Å²) >= 11 is 0. The molecule has 14 heteroatoms. The number of hydrogen-bond donors (Lipinski definition) is 9. The standard InChI is InChI=1S/C66H103NO13/c1-3-5-7-9-11-12-13-14-15-16-17-18-19-20-21-22-23-24-25-26-27-28-29-30-31-32-33-34-35-36-37-38-39-40-41-42-44-46-48-50-58(71)67-54(55(70)49-47-45-43-10-8-6-4-2)53-77-65-63(76)61(74)64(57(52-69)79-65)80-66-62(75)60(73)59(72)56(51-68)78-66/h5,7-8,10-12,14-15,17-18,20-21,23-24,26-27,29-30,32-33,35-36,38-39,47,49,54-57,59-66,68-70,72-76H,3-4,6,9,13,16,19,22,25,28,31,34,37,40-46,48,50-53H2,1-2H3,(H,67,71)/b7-5-,10-8+,12-11-,15-14-,18-17-,21-20-,24-23-,27-26-,30-29-,33-32-,36-35-,39-38-,49-47+. The Labute approximate surface area is 480 Å². The lowest BCUT2D eigenvalue weighted by Crippen LogP contribution is -2.65. The Morgan fingerprint density at radius 3 is 1.36 bits per heavy atom. The Balaban J connectivity index is 1.61. The molecule has 2 heterocycles. The van der Waals surface area contributed by atoms with E-state index in [1.54, 1.807) is 6.08 Å². The van der Waals surface area contributed by atoms with Crippen LogP contribution in [-0.2, 0) is 23.7 Å². The van der Waals surface area contributed by atoms with E-state index in [9.17, 15) is 45.6 Å². The number of unbranched alkanes of at least 4 members (excludes halogenated alkanes) is 7. The van der Waals surface area contributed by atoms with Gasteiger partial charge in [0.25, 0.3) is 0 Å². The molecule has 12 unspecified atom stereocenters. The number of carbonyl (C=O) groups excluding carboxylic acids is 1. The largest absolute Gasteiger partial charge is 0.394 e. The minimum atomic E-state index is -1.80. The van der Waals surface area contributed by atoms with E-state index in [1.807, 2.05) is 6.08 Å². The first-order chi connectivity index (χ1) is 39.1. The van der Waals surface area contributed by atoms with Gasteiger partial charge in [-0.05, 0) is 109 Å². The van der Waals surface area contributed by atoms with E-state index < -0.39 is 86.8 Å².